The van der Waals surface area contributed by atoms with Crippen LogP contribution in [0, 0.1) is 5.92 Å². The van der Waals surface area contributed by atoms with Crippen LogP contribution in [0.4, 0.5) is 0 Å². The van der Waals surface area contributed by atoms with Crippen LogP contribution in [0.15, 0.2) is 0 Å². The lowest BCUT2D eigenvalue weighted by molar-refractivity contribution is -0.132. The maximum atomic E-state index is 12.4. The first kappa shape index (κ1) is 16.4. The highest BCUT2D eigenvalue weighted by Crippen LogP contribution is 2.19. The topological polar surface area (TPSA) is 50.8 Å². The summed E-state index contributed by atoms with van der Waals surface area (Å²) in [5, 5.41) is 3.42. The van der Waals surface area contributed by atoms with Crippen molar-refractivity contribution in [3.8, 4) is 0 Å². The zero-order chi connectivity index (χ0) is 14.4. The van der Waals surface area contributed by atoms with E-state index in [0.717, 1.165) is 12.8 Å². The lowest BCUT2D eigenvalue weighted by Gasteiger charge is -2.27. The van der Waals surface area contributed by atoms with Crippen LogP contribution in [0.3, 0.4) is 0 Å². The van der Waals surface area contributed by atoms with Gasteiger partial charge < -0.3 is 14.4 Å². The minimum absolute atomic E-state index is 0.0509. The molecular formula is C14H28N2O3. The highest BCUT2D eigenvalue weighted by Gasteiger charge is 2.38. The zero-order valence-electron chi connectivity index (χ0n) is 12.8. The number of nitrogens with one attached hydrogen (secondary N) is 1. The molecule has 5 heteroatoms. The van der Waals surface area contributed by atoms with E-state index < -0.39 is 0 Å². The molecule has 0 aromatic rings. The Balaban J connectivity index is 2.66. The second kappa shape index (κ2) is 7.82. The number of carbonyl (C=O) groups excluding carboxylic acids is 1. The highest BCUT2D eigenvalue weighted by molar-refractivity contribution is 5.84. The van der Waals surface area contributed by atoms with E-state index in [1.54, 1.807) is 14.2 Å². The van der Waals surface area contributed by atoms with Gasteiger partial charge in [0.05, 0.1) is 31.5 Å². The van der Waals surface area contributed by atoms with E-state index in [1.807, 2.05) is 4.90 Å². The van der Waals surface area contributed by atoms with Crippen molar-refractivity contribution in [3.63, 3.8) is 0 Å². The fraction of sp³-hybridized carbons (Fsp3) is 0.929. The Hall–Kier alpha value is -0.650. The molecule has 1 amide bonds. The molecule has 1 rings (SSSR count). The summed E-state index contributed by atoms with van der Waals surface area (Å²) in [6.45, 7) is 7.46. The van der Waals surface area contributed by atoms with Gasteiger partial charge in [0.1, 0.15) is 0 Å². The lowest BCUT2D eigenvalue weighted by atomic mass is 10.0. The van der Waals surface area contributed by atoms with Gasteiger partial charge in [-0.2, -0.15) is 0 Å². The molecule has 1 N–H and O–H groups in total. The summed E-state index contributed by atoms with van der Waals surface area (Å²) in [7, 11) is 3.30. The third-order valence-corrected chi connectivity index (χ3v) is 3.53. The Morgan fingerprint density at radius 1 is 1.37 bits per heavy atom. The van der Waals surface area contributed by atoms with Crippen molar-refractivity contribution in [3.05, 3.63) is 0 Å². The number of amides is 1. The van der Waals surface area contributed by atoms with Crippen LogP contribution in [0.25, 0.3) is 0 Å². The molecule has 0 saturated carbocycles. The maximum Gasteiger partial charge on any atom is 0.241 e. The van der Waals surface area contributed by atoms with Gasteiger partial charge in [-0.3, -0.25) is 10.1 Å². The molecule has 19 heavy (non-hydrogen) atoms. The van der Waals surface area contributed by atoms with Crippen LogP contribution < -0.4 is 5.32 Å². The van der Waals surface area contributed by atoms with Crippen molar-refractivity contribution in [2.75, 3.05) is 27.4 Å². The quantitative estimate of drug-likeness (QED) is 0.722. The van der Waals surface area contributed by atoms with Gasteiger partial charge in [-0.25, -0.2) is 0 Å². The fourth-order valence-electron chi connectivity index (χ4n) is 2.54. The number of hydrogen-bond acceptors (Lipinski definition) is 4. The number of carbonyl (C=O) groups is 1. The van der Waals surface area contributed by atoms with E-state index in [9.17, 15) is 4.79 Å². The maximum absolute atomic E-state index is 12.4. The Bertz CT molecular complexity index is 284. The lowest BCUT2D eigenvalue weighted by Crippen LogP contribution is -2.43. The first-order valence-corrected chi connectivity index (χ1v) is 7.11. The molecule has 1 aliphatic heterocycles. The Labute approximate surface area is 116 Å². The summed E-state index contributed by atoms with van der Waals surface area (Å²) in [4.78, 5) is 14.3. The summed E-state index contributed by atoms with van der Waals surface area (Å²) in [6, 6.07) is -0.0509. The zero-order valence-corrected chi connectivity index (χ0v) is 12.8. The Morgan fingerprint density at radius 2 is 2.05 bits per heavy atom. The third-order valence-electron chi connectivity index (χ3n) is 3.53. The standard InChI is InChI=1S/C14H28N2O3/c1-6-13-15-12(7-10(2)3)14(17)16(13)8-11(19-5)9-18-4/h10-13,15H,6-9H2,1-5H3. The predicted molar refractivity (Wildman–Crippen MR) is 74.8 cm³/mol. The largest absolute Gasteiger partial charge is 0.382 e. The van der Waals surface area contributed by atoms with E-state index in [4.69, 9.17) is 9.47 Å². The molecule has 3 atom stereocenters. The van der Waals surface area contributed by atoms with Crippen LogP contribution in [-0.4, -0.2) is 56.5 Å². The molecule has 5 nitrogen and oxygen atoms in total. The van der Waals surface area contributed by atoms with E-state index in [-0.39, 0.29) is 24.2 Å². The van der Waals surface area contributed by atoms with Gasteiger partial charge in [-0.1, -0.05) is 20.8 Å². The summed E-state index contributed by atoms with van der Waals surface area (Å²) in [5.41, 5.74) is 0. The van der Waals surface area contributed by atoms with Crippen LogP contribution in [0.2, 0.25) is 0 Å². The SMILES string of the molecule is CCC1NC(CC(C)C)C(=O)N1CC(COC)OC. The van der Waals surface area contributed by atoms with E-state index in [0.29, 0.717) is 19.1 Å². The number of ether oxygens (including phenoxy) is 2. The first-order chi connectivity index (χ1) is 9.03. The van der Waals surface area contributed by atoms with E-state index >= 15 is 0 Å². The van der Waals surface area contributed by atoms with Crippen molar-refractivity contribution in [1.82, 2.24) is 10.2 Å². The molecule has 1 aliphatic rings. The van der Waals surface area contributed by atoms with Crippen LogP contribution in [0.5, 0.6) is 0 Å². The molecule has 0 spiro atoms. The second-order valence-electron chi connectivity index (χ2n) is 5.58. The molecule has 1 saturated heterocycles. The minimum atomic E-state index is -0.0670. The van der Waals surface area contributed by atoms with Crippen molar-refractivity contribution >= 4 is 5.91 Å². The van der Waals surface area contributed by atoms with Crippen molar-refractivity contribution < 1.29 is 14.3 Å². The van der Waals surface area contributed by atoms with Gasteiger partial charge in [-0.15, -0.1) is 0 Å². The van der Waals surface area contributed by atoms with Gasteiger partial charge >= 0.3 is 0 Å². The summed E-state index contributed by atoms with van der Waals surface area (Å²) >= 11 is 0. The Kier molecular flexibility index (Phi) is 6.75. The van der Waals surface area contributed by atoms with Crippen LogP contribution >= 0.6 is 0 Å². The third kappa shape index (κ3) is 4.44. The summed E-state index contributed by atoms with van der Waals surface area (Å²) in [5.74, 6) is 0.704. The van der Waals surface area contributed by atoms with Gasteiger partial charge in [0.25, 0.3) is 0 Å². The second-order valence-corrected chi connectivity index (χ2v) is 5.58. The number of rotatable bonds is 8. The number of methoxy groups -OCH3 is 2. The normalized spacial score (nSPS) is 25.4. The molecular weight excluding hydrogens is 244 g/mol. The van der Waals surface area contributed by atoms with Gasteiger partial charge in [-0.05, 0) is 18.8 Å². The van der Waals surface area contributed by atoms with Crippen molar-refractivity contribution in [2.45, 2.75) is 51.9 Å². The molecule has 0 aromatic carbocycles. The van der Waals surface area contributed by atoms with Crippen molar-refractivity contribution in [2.24, 2.45) is 5.92 Å². The monoisotopic (exact) mass is 272 g/mol. The molecule has 1 fully saturated rings. The predicted octanol–water partition coefficient (Wildman–Crippen LogP) is 1.23. The van der Waals surface area contributed by atoms with Crippen LogP contribution in [0.1, 0.15) is 33.6 Å². The molecule has 3 unspecified atom stereocenters. The molecule has 112 valence electrons. The van der Waals surface area contributed by atoms with Gasteiger partial charge in [0.2, 0.25) is 5.91 Å². The summed E-state index contributed by atoms with van der Waals surface area (Å²) in [6.07, 6.45) is 1.84. The molecule has 0 aromatic heterocycles. The number of hydrogen-bond donors (Lipinski definition) is 1. The van der Waals surface area contributed by atoms with E-state index in [2.05, 4.69) is 26.1 Å². The smallest absolute Gasteiger partial charge is 0.241 e. The van der Waals surface area contributed by atoms with Crippen LogP contribution in [-0.2, 0) is 14.3 Å². The highest BCUT2D eigenvalue weighted by atomic mass is 16.5. The molecule has 0 radical (unpaired) electrons. The summed E-state index contributed by atoms with van der Waals surface area (Å²) < 4.78 is 10.5. The first-order valence-electron chi connectivity index (χ1n) is 7.11. The van der Waals surface area contributed by atoms with Crippen molar-refractivity contribution in [1.29, 1.82) is 0 Å². The molecule has 0 bridgehead atoms. The number of nitrogens with zero attached hydrogens (tertiary/aromatic N) is 1. The van der Waals surface area contributed by atoms with Gasteiger partial charge in [0, 0.05) is 14.2 Å². The minimum Gasteiger partial charge on any atom is -0.382 e. The molecule has 0 aliphatic carbocycles. The average molecular weight is 272 g/mol. The average Bonchev–Trinajstić information content (AvgIpc) is 2.65. The van der Waals surface area contributed by atoms with E-state index in [1.165, 1.54) is 0 Å². The fourth-order valence-corrected chi connectivity index (χ4v) is 2.54. The Morgan fingerprint density at radius 3 is 2.53 bits per heavy atom. The molecule has 1 heterocycles. The van der Waals surface area contributed by atoms with Gasteiger partial charge in [0.15, 0.2) is 0 Å².